The van der Waals surface area contributed by atoms with Crippen molar-refractivity contribution in [3.63, 3.8) is 0 Å². The van der Waals surface area contributed by atoms with E-state index < -0.39 is 0 Å². The van der Waals surface area contributed by atoms with Crippen molar-refractivity contribution in [3.8, 4) is 0 Å². The van der Waals surface area contributed by atoms with E-state index in [-0.39, 0.29) is 11.9 Å². The summed E-state index contributed by atoms with van der Waals surface area (Å²) in [5, 5.41) is 7.41. The lowest BCUT2D eigenvalue weighted by molar-refractivity contribution is 0.176. The summed E-state index contributed by atoms with van der Waals surface area (Å²) in [7, 11) is 0. The molecule has 2 heterocycles. The molecule has 1 aromatic carbocycles. The molecule has 0 saturated carbocycles. The number of nitrogens with one attached hydrogen (secondary N) is 1. The first-order chi connectivity index (χ1) is 10.2. The van der Waals surface area contributed by atoms with Crippen molar-refractivity contribution in [2.75, 3.05) is 26.2 Å². The molecule has 0 amide bonds. The van der Waals surface area contributed by atoms with Gasteiger partial charge in [-0.1, -0.05) is 17.3 Å². The Hall–Kier alpha value is -1.79. The van der Waals surface area contributed by atoms with Crippen LogP contribution in [0.1, 0.15) is 30.2 Å². The summed E-state index contributed by atoms with van der Waals surface area (Å²) in [6.45, 7) is 6.05. The highest BCUT2D eigenvalue weighted by Gasteiger charge is 2.22. The molecule has 3 rings (SSSR count). The van der Waals surface area contributed by atoms with Gasteiger partial charge < -0.3 is 9.84 Å². The minimum atomic E-state index is -0.239. The van der Waals surface area contributed by atoms with Crippen molar-refractivity contribution in [1.82, 2.24) is 20.4 Å². The van der Waals surface area contributed by atoms with Crippen molar-refractivity contribution in [2.24, 2.45) is 0 Å². The Morgan fingerprint density at radius 2 is 2.00 bits per heavy atom. The molecule has 1 fully saturated rings. The number of benzene rings is 1. The largest absolute Gasteiger partial charge is 0.339 e. The molecule has 112 valence electrons. The molecular weight excluding hydrogens is 271 g/mol. The van der Waals surface area contributed by atoms with Crippen molar-refractivity contribution >= 4 is 0 Å². The summed E-state index contributed by atoms with van der Waals surface area (Å²) < 4.78 is 18.2. The molecule has 1 N–H and O–H groups in total. The van der Waals surface area contributed by atoms with Gasteiger partial charge in [0.1, 0.15) is 5.82 Å². The molecule has 1 aliphatic heterocycles. The lowest BCUT2D eigenvalue weighted by atomic mass is 10.1. The second-order valence-corrected chi connectivity index (χ2v) is 5.31. The number of hydrogen-bond donors (Lipinski definition) is 1. The van der Waals surface area contributed by atoms with Crippen molar-refractivity contribution in [1.29, 1.82) is 0 Å². The van der Waals surface area contributed by atoms with E-state index in [2.05, 4.69) is 27.3 Å². The first-order valence-corrected chi connectivity index (χ1v) is 7.24. The third-order valence-corrected chi connectivity index (χ3v) is 3.83. The van der Waals surface area contributed by atoms with E-state index in [4.69, 9.17) is 4.52 Å². The van der Waals surface area contributed by atoms with Crippen LogP contribution in [0.25, 0.3) is 0 Å². The number of aromatic nitrogens is 2. The van der Waals surface area contributed by atoms with Gasteiger partial charge in [0.2, 0.25) is 5.89 Å². The van der Waals surface area contributed by atoms with Gasteiger partial charge in [-0.2, -0.15) is 4.98 Å². The van der Waals surface area contributed by atoms with Crippen LogP contribution in [0, 0.1) is 5.82 Å². The Kier molecular flexibility index (Phi) is 4.26. The Balaban J connectivity index is 1.66. The number of halogens is 1. The van der Waals surface area contributed by atoms with Gasteiger partial charge in [-0.25, -0.2) is 4.39 Å². The molecule has 6 heteroatoms. The molecule has 21 heavy (non-hydrogen) atoms. The third kappa shape index (κ3) is 3.46. The average molecular weight is 290 g/mol. The topological polar surface area (TPSA) is 54.2 Å². The summed E-state index contributed by atoms with van der Waals surface area (Å²) in [5.41, 5.74) is 0.960. The zero-order chi connectivity index (χ0) is 14.7. The number of piperazine rings is 1. The van der Waals surface area contributed by atoms with Gasteiger partial charge in [0.15, 0.2) is 5.82 Å². The lowest BCUT2D eigenvalue weighted by Gasteiger charge is -2.30. The van der Waals surface area contributed by atoms with E-state index in [9.17, 15) is 4.39 Å². The van der Waals surface area contributed by atoms with Crippen LogP contribution >= 0.6 is 0 Å². The minimum absolute atomic E-state index is 0.151. The van der Waals surface area contributed by atoms with Crippen LogP contribution in [-0.4, -0.2) is 41.2 Å². The van der Waals surface area contributed by atoms with E-state index in [1.54, 1.807) is 12.1 Å². The highest BCUT2D eigenvalue weighted by molar-refractivity contribution is 5.19. The molecular formula is C15H19FN4O. The Morgan fingerprint density at radius 3 is 2.71 bits per heavy atom. The third-order valence-electron chi connectivity index (χ3n) is 3.83. The summed E-state index contributed by atoms with van der Waals surface area (Å²) in [4.78, 5) is 6.81. The van der Waals surface area contributed by atoms with Crippen LogP contribution in [0.5, 0.6) is 0 Å². The summed E-state index contributed by atoms with van der Waals surface area (Å²) in [5.74, 6) is 1.05. The lowest BCUT2D eigenvalue weighted by Crippen LogP contribution is -2.44. The molecule has 1 atom stereocenters. The Bertz CT molecular complexity index is 578. The van der Waals surface area contributed by atoms with E-state index in [1.165, 1.54) is 12.1 Å². The highest BCUT2D eigenvalue weighted by Crippen LogP contribution is 2.18. The van der Waals surface area contributed by atoms with E-state index in [0.717, 1.165) is 31.7 Å². The summed E-state index contributed by atoms with van der Waals surface area (Å²) in [6, 6.07) is 6.50. The highest BCUT2D eigenvalue weighted by atomic mass is 19.1. The maximum Gasteiger partial charge on any atom is 0.231 e. The maximum atomic E-state index is 12.9. The zero-order valence-corrected chi connectivity index (χ0v) is 12.1. The fourth-order valence-corrected chi connectivity index (χ4v) is 2.52. The smallest absolute Gasteiger partial charge is 0.231 e. The van der Waals surface area contributed by atoms with Crippen LogP contribution in [0.15, 0.2) is 28.8 Å². The van der Waals surface area contributed by atoms with Gasteiger partial charge >= 0.3 is 0 Å². The molecule has 0 spiro atoms. The van der Waals surface area contributed by atoms with Crippen molar-refractivity contribution < 1.29 is 8.91 Å². The van der Waals surface area contributed by atoms with Gasteiger partial charge in [0.25, 0.3) is 0 Å². The number of rotatable bonds is 4. The molecule has 2 aromatic rings. The molecule has 1 aliphatic rings. The van der Waals surface area contributed by atoms with Crippen LogP contribution in [0.2, 0.25) is 0 Å². The van der Waals surface area contributed by atoms with Crippen molar-refractivity contribution in [3.05, 3.63) is 47.4 Å². The van der Waals surface area contributed by atoms with E-state index >= 15 is 0 Å². The number of hydrogen-bond acceptors (Lipinski definition) is 5. The van der Waals surface area contributed by atoms with Gasteiger partial charge in [0.05, 0.1) is 12.5 Å². The van der Waals surface area contributed by atoms with Crippen LogP contribution in [-0.2, 0) is 6.42 Å². The van der Waals surface area contributed by atoms with E-state index in [1.807, 2.05) is 0 Å². The van der Waals surface area contributed by atoms with Gasteiger partial charge in [-0.15, -0.1) is 0 Å². The summed E-state index contributed by atoms with van der Waals surface area (Å²) >= 11 is 0. The van der Waals surface area contributed by atoms with Crippen LogP contribution in [0.3, 0.4) is 0 Å². The molecule has 1 unspecified atom stereocenters. The quantitative estimate of drug-likeness (QED) is 0.930. The minimum Gasteiger partial charge on any atom is -0.339 e. The molecule has 0 radical (unpaired) electrons. The van der Waals surface area contributed by atoms with Crippen LogP contribution < -0.4 is 5.32 Å². The van der Waals surface area contributed by atoms with E-state index in [0.29, 0.717) is 18.1 Å². The SMILES string of the molecule is CC(c1noc(Cc2ccc(F)cc2)n1)N1CCNCC1. The summed E-state index contributed by atoms with van der Waals surface area (Å²) in [6.07, 6.45) is 0.529. The Morgan fingerprint density at radius 1 is 1.29 bits per heavy atom. The average Bonchev–Trinajstić information content (AvgIpc) is 2.98. The predicted molar refractivity (Wildman–Crippen MR) is 76.4 cm³/mol. The maximum absolute atomic E-state index is 12.9. The first-order valence-electron chi connectivity index (χ1n) is 7.24. The monoisotopic (exact) mass is 290 g/mol. The molecule has 5 nitrogen and oxygen atoms in total. The first kappa shape index (κ1) is 14.2. The fraction of sp³-hybridized carbons (Fsp3) is 0.467. The molecule has 0 bridgehead atoms. The Labute approximate surface area is 123 Å². The zero-order valence-electron chi connectivity index (χ0n) is 12.1. The van der Waals surface area contributed by atoms with Gasteiger partial charge in [-0.05, 0) is 24.6 Å². The normalized spacial score (nSPS) is 17.8. The van der Waals surface area contributed by atoms with Crippen molar-refractivity contribution in [2.45, 2.75) is 19.4 Å². The van der Waals surface area contributed by atoms with Gasteiger partial charge in [0, 0.05) is 26.2 Å². The van der Waals surface area contributed by atoms with Crippen LogP contribution in [0.4, 0.5) is 4.39 Å². The molecule has 1 aromatic heterocycles. The second kappa shape index (κ2) is 6.32. The molecule has 0 aliphatic carbocycles. The molecule has 1 saturated heterocycles. The second-order valence-electron chi connectivity index (χ2n) is 5.31. The fourth-order valence-electron chi connectivity index (χ4n) is 2.52. The predicted octanol–water partition coefficient (Wildman–Crippen LogP) is 1.77. The van der Waals surface area contributed by atoms with Gasteiger partial charge in [-0.3, -0.25) is 4.90 Å². The number of nitrogens with zero attached hydrogens (tertiary/aromatic N) is 3. The standard InChI is InChI=1S/C15H19FN4O/c1-11(20-8-6-17-7-9-20)15-18-14(21-19-15)10-12-2-4-13(16)5-3-12/h2-5,11,17H,6-10H2,1H3.